The smallest absolute Gasteiger partial charge is 0.319 e. The summed E-state index contributed by atoms with van der Waals surface area (Å²) < 4.78 is 0. The molecule has 2 heterocycles. The Morgan fingerprint density at radius 1 is 0.509 bits per heavy atom. The van der Waals surface area contributed by atoms with Gasteiger partial charge in [-0.1, -0.05) is 107 Å². The van der Waals surface area contributed by atoms with Crippen molar-refractivity contribution in [3.63, 3.8) is 0 Å². The second-order valence-corrected chi connectivity index (χ2v) is 20.4. The van der Waals surface area contributed by atoms with Crippen LogP contribution in [-0.4, -0.2) is 37.0 Å². The maximum absolute atomic E-state index is 11.7. The van der Waals surface area contributed by atoms with Gasteiger partial charge in [0, 0.05) is 22.2 Å². The van der Waals surface area contributed by atoms with E-state index in [0.717, 1.165) is 39.5 Å². The molecule has 8 heteroatoms. The Balaban J connectivity index is 0.000000214. The van der Waals surface area contributed by atoms with Crippen molar-refractivity contribution in [2.75, 3.05) is 10.6 Å². The Kier molecular flexibility index (Phi) is 12.7. The summed E-state index contributed by atoms with van der Waals surface area (Å²) in [4.78, 5) is 27.7. The van der Waals surface area contributed by atoms with Crippen molar-refractivity contribution in [3.05, 3.63) is 83.2 Å². The molecule has 5 aromatic rings. The number of nitrogens with zero attached hydrogens (tertiary/aromatic N) is 2. The first-order chi connectivity index (χ1) is 23.9. The van der Waals surface area contributed by atoms with Gasteiger partial charge in [-0.05, 0) is 111 Å². The number of aromatic amines is 2. The minimum Gasteiger partial charge on any atom is -0.351 e. The van der Waals surface area contributed by atoms with E-state index < -0.39 is 0 Å². The van der Waals surface area contributed by atoms with Gasteiger partial charge in [0.05, 0.1) is 22.1 Å². The van der Waals surface area contributed by atoms with Crippen LogP contribution < -0.4 is 16.0 Å². The number of H-pyrrole nitrogens is 2. The zero-order valence-electron chi connectivity index (χ0n) is 36.1. The SMILES string of the molecule is CC(C)(C)NC(=O)Nc1ccc(C(C)(C)C)cc1.CC(C)(C)Nc1nc2ccc(C(C)(C)C)cc2[nH]1.CC(C)(C)c1ccc2nc(C(C)(C)C)[nH]c2c1. The Bertz CT molecular complexity index is 1940. The summed E-state index contributed by atoms with van der Waals surface area (Å²) in [5, 5.41) is 9.05. The van der Waals surface area contributed by atoms with Crippen LogP contribution in [0.15, 0.2) is 60.7 Å². The average molecular weight is 724 g/mol. The van der Waals surface area contributed by atoms with Gasteiger partial charge in [0.2, 0.25) is 5.95 Å². The van der Waals surface area contributed by atoms with E-state index in [-0.39, 0.29) is 38.8 Å². The molecule has 5 N–H and O–H groups in total. The largest absolute Gasteiger partial charge is 0.351 e. The Morgan fingerprint density at radius 3 is 1.36 bits per heavy atom. The van der Waals surface area contributed by atoms with E-state index in [1.807, 2.05) is 45.0 Å². The first-order valence-corrected chi connectivity index (χ1v) is 18.9. The highest BCUT2D eigenvalue weighted by molar-refractivity contribution is 5.89. The predicted molar refractivity (Wildman–Crippen MR) is 229 cm³/mol. The zero-order chi connectivity index (χ0) is 40.4. The maximum Gasteiger partial charge on any atom is 0.319 e. The van der Waals surface area contributed by atoms with Crippen LogP contribution >= 0.6 is 0 Å². The summed E-state index contributed by atoms with van der Waals surface area (Å²) in [6.07, 6.45) is 0. The minimum absolute atomic E-state index is 0.0146. The lowest BCUT2D eigenvalue weighted by Crippen LogP contribution is -2.43. The molecule has 0 bridgehead atoms. The van der Waals surface area contributed by atoms with Gasteiger partial charge in [0.15, 0.2) is 0 Å². The predicted octanol–water partition coefficient (Wildman–Crippen LogP) is 12.1. The van der Waals surface area contributed by atoms with Crippen LogP contribution in [0.1, 0.15) is 147 Å². The van der Waals surface area contributed by atoms with Crippen LogP contribution in [0, 0.1) is 0 Å². The molecule has 0 radical (unpaired) electrons. The van der Waals surface area contributed by atoms with Gasteiger partial charge in [0.1, 0.15) is 5.82 Å². The topological polar surface area (TPSA) is 111 Å². The number of amides is 2. The molecule has 0 unspecified atom stereocenters. The molecule has 0 saturated carbocycles. The maximum atomic E-state index is 11.7. The molecule has 0 aliphatic heterocycles. The quantitative estimate of drug-likeness (QED) is 0.125. The molecule has 0 aliphatic rings. The first kappa shape index (κ1) is 43.1. The van der Waals surface area contributed by atoms with E-state index in [9.17, 15) is 4.79 Å². The number of benzene rings is 3. The number of imidazole rings is 2. The average Bonchev–Trinajstić information content (AvgIpc) is 3.58. The van der Waals surface area contributed by atoms with Crippen LogP contribution in [0.5, 0.6) is 0 Å². The lowest BCUT2D eigenvalue weighted by Gasteiger charge is -2.21. The third kappa shape index (κ3) is 13.5. The Morgan fingerprint density at radius 2 is 0.943 bits per heavy atom. The number of urea groups is 1. The third-order valence-electron chi connectivity index (χ3n) is 8.40. The van der Waals surface area contributed by atoms with Crippen molar-refractivity contribution in [1.29, 1.82) is 0 Å². The monoisotopic (exact) mass is 724 g/mol. The van der Waals surface area contributed by atoms with Crippen LogP contribution in [0.3, 0.4) is 0 Å². The van der Waals surface area contributed by atoms with E-state index in [0.29, 0.717) is 0 Å². The van der Waals surface area contributed by atoms with E-state index in [2.05, 4.69) is 176 Å². The van der Waals surface area contributed by atoms with Gasteiger partial charge in [-0.15, -0.1) is 0 Å². The summed E-state index contributed by atoms with van der Waals surface area (Å²) in [7, 11) is 0. The van der Waals surface area contributed by atoms with Crippen LogP contribution in [0.2, 0.25) is 0 Å². The molecule has 0 atom stereocenters. The molecule has 0 spiro atoms. The molecular formula is C45H69N7O. The van der Waals surface area contributed by atoms with Gasteiger partial charge >= 0.3 is 6.03 Å². The lowest BCUT2D eigenvalue weighted by molar-refractivity contribution is 0.244. The summed E-state index contributed by atoms with van der Waals surface area (Å²) in [6, 6.07) is 20.7. The molecule has 0 saturated heterocycles. The van der Waals surface area contributed by atoms with Gasteiger partial charge in [-0.2, -0.15) is 0 Å². The number of hydrogen-bond donors (Lipinski definition) is 5. The molecule has 0 aliphatic carbocycles. The zero-order valence-corrected chi connectivity index (χ0v) is 36.1. The molecule has 53 heavy (non-hydrogen) atoms. The number of aromatic nitrogens is 4. The van der Waals surface area contributed by atoms with E-state index >= 15 is 0 Å². The first-order valence-electron chi connectivity index (χ1n) is 18.9. The van der Waals surface area contributed by atoms with Gasteiger partial charge in [0.25, 0.3) is 0 Å². The normalized spacial score (nSPS) is 12.8. The summed E-state index contributed by atoms with van der Waals surface area (Å²) >= 11 is 0. The Hall–Kier alpha value is -4.33. The molecule has 3 aromatic carbocycles. The number of carbonyl (C=O) groups excluding carboxylic acids is 1. The number of fused-ring (bicyclic) bond motifs is 2. The highest BCUT2D eigenvalue weighted by Crippen LogP contribution is 2.29. The lowest BCUT2D eigenvalue weighted by atomic mass is 9.87. The van der Waals surface area contributed by atoms with Gasteiger partial charge in [-0.25, -0.2) is 14.8 Å². The summed E-state index contributed by atoms with van der Waals surface area (Å²) in [5.41, 5.74) is 9.36. The summed E-state index contributed by atoms with van der Waals surface area (Å²) in [6.45, 7) is 38.6. The van der Waals surface area contributed by atoms with Gasteiger partial charge in [-0.3, -0.25) is 0 Å². The number of anilines is 2. The fourth-order valence-electron chi connectivity index (χ4n) is 5.28. The second kappa shape index (κ2) is 15.6. The molecule has 0 fully saturated rings. The number of hydrogen-bond acceptors (Lipinski definition) is 4. The van der Waals surface area contributed by atoms with Crippen molar-refractivity contribution < 1.29 is 4.79 Å². The van der Waals surface area contributed by atoms with Crippen molar-refractivity contribution in [1.82, 2.24) is 25.3 Å². The fraction of sp³-hybridized carbons (Fsp3) is 0.533. The van der Waals surface area contributed by atoms with Crippen molar-refractivity contribution >= 4 is 39.7 Å². The molecule has 8 nitrogen and oxygen atoms in total. The highest BCUT2D eigenvalue weighted by atomic mass is 16.2. The molecule has 290 valence electrons. The molecular weight excluding hydrogens is 655 g/mol. The van der Waals surface area contributed by atoms with Crippen LogP contribution in [-0.2, 0) is 21.7 Å². The minimum atomic E-state index is -0.227. The molecule has 2 aromatic heterocycles. The Labute approximate surface area is 320 Å². The second-order valence-electron chi connectivity index (χ2n) is 20.4. The standard InChI is InChI=1S/C15H23N3.C15H24N2O.C15H22N2/c1-14(2,3)10-7-8-11-12(9-10)17-13(16-11)18-15(4,5)6;1-14(2,3)11-7-9-12(10-8-11)16-13(18)17-15(4,5)6;1-14(2,3)10-7-8-11-12(9-10)17-13(16-11)15(4,5)6/h7-9H,1-6H3,(H2,16,17,18);7-10H,1-6H3,(H2,16,17,18);7-9H,1-6H3,(H,16,17). The highest BCUT2D eigenvalue weighted by Gasteiger charge is 2.21. The van der Waals surface area contributed by atoms with Crippen molar-refractivity contribution in [2.45, 2.75) is 157 Å². The molecule has 2 amide bonds. The van der Waals surface area contributed by atoms with E-state index in [1.165, 1.54) is 16.7 Å². The number of rotatable bonds is 2. The third-order valence-corrected chi connectivity index (χ3v) is 8.40. The van der Waals surface area contributed by atoms with Crippen molar-refractivity contribution in [3.8, 4) is 0 Å². The van der Waals surface area contributed by atoms with E-state index in [4.69, 9.17) is 0 Å². The van der Waals surface area contributed by atoms with Crippen molar-refractivity contribution in [2.24, 2.45) is 0 Å². The van der Waals surface area contributed by atoms with Crippen LogP contribution in [0.4, 0.5) is 16.4 Å². The summed E-state index contributed by atoms with van der Waals surface area (Å²) in [5.74, 6) is 1.89. The van der Waals surface area contributed by atoms with Crippen LogP contribution in [0.25, 0.3) is 22.1 Å². The van der Waals surface area contributed by atoms with Gasteiger partial charge < -0.3 is 25.9 Å². The van der Waals surface area contributed by atoms with E-state index in [1.54, 1.807) is 0 Å². The molecule has 5 rings (SSSR count). The fourth-order valence-corrected chi connectivity index (χ4v) is 5.28. The number of carbonyl (C=O) groups is 1. The number of nitrogens with one attached hydrogen (secondary N) is 5.